The standard InChI is InChI=1S/C13H10Cl2O3S/c1-6-12(17)11(10(16)5-19-6)13(18)8-3-2-7(14)4-9(8)15/h2-4,6,11H,5H2,1H3. The van der Waals surface area contributed by atoms with E-state index in [2.05, 4.69) is 0 Å². The van der Waals surface area contributed by atoms with Gasteiger partial charge in [0.25, 0.3) is 0 Å². The zero-order valence-electron chi connectivity index (χ0n) is 9.98. The molecule has 0 bridgehead atoms. The lowest BCUT2D eigenvalue weighted by atomic mass is 9.88. The Bertz CT molecular complexity index is 571. The van der Waals surface area contributed by atoms with Crippen LogP contribution in [0.25, 0.3) is 0 Å². The van der Waals surface area contributed by atoms with Gasteiger partial charge >= 0.3 is 0 Å². The van der Waals surface area contributed by atoms with Crippen molar-refractivity contribution < 1.29 is 14.4 Å². The normalized spacial score (nSPS) is 23.5. The number of rotatable bonds is 2. The molecule has 2 rings (SSSR count). The number of hydrogen-bond acceptors (Lipinski definition) is 4. The van der Waals surface area contributed by atoms with Crippen LogP contribution in [-0.4, -0.2) is 28.4 Å². The summed E-state index contributed by atoms with van der Waals surface area (Å²) in [7, 11) is 0. The average molecular weight is 317 g/mol. The van der Waals surface area contributed by atoms with Crippen LogP contribution in [-0.2, 0) is 9.59 Å². The molecule has 0 aliphatic carbocycles. The van der Waals surface area contributed by atoms with E-state index in [9.17, 15) is 14.4 Å². The summed E-state index contributed by atoms with van der Waals surface area (Å²) in [6.07, 6.45) is 0. The lowest BCUT2D eigenvalue weighted by molar-refractivity contribution is -0.129. The largest absolute Gasteiger partial charge is 0.297 e. The van der Waals surface area contributed by atoms with E-state index in [1.54, 1.807) is 6.92 Å². The minimum atomic E-state index is -1.23. The monoisotopic (exact) mass is 316 g/mol. The van der Waals surface area contributed by atoms with Crippen LogP contribution < -0.4 is 0 Å². The maximum Gasteiger partial charge on any atom is 0.182 e. The molecule has 0 radical (unpaired) electrons. The quantitative estimate of drug-likeness (QED) is 0.621. The van der Waals surface area contributed by atoms with Crippen LogP contribution >= 0.6 is 35.0 Å². The van der Waals surface area contributed by atoms with E-state index in [0.29, 0.717) is 5.02 Å². The molecule has 2 unspecified atom stereocenters. The van der Waals surface area contributed by atoms with Gasteiger partial charge in [-0.05, 0) is 25.1 Å². The van der Waals surface area contributed by atoms with E-state index < -0.39 is 11.7 Å². The van der Waals surface area contributed by atoms with Crippen LogP contribution in [0, 0.1) is 5.92 Å². The minimum absolute atomic E-state index is 0.156. The first-order valence-corrected chi connectivity index (χ1v) is 7.39. The van der Waals surface area contributed by atoms with Crippen molar-refractivity contribution in [1.29, 1.82) is 0 Å². The van der Waals surface area contributed by atoms with Gasteiger partial charge in [-0.15, -0.1) is 11.8 Å². The van der Waals surface area contributed by atoms with E-state index in [0.717, 1.165) is 0 Å². The van der Waals surface area contributed by atoms with E-state index in [4.69, 9.17) is 23.2 Å². The molecular formula is C13H10Cl2O3S. The van der Waals surface area contributed by atoms with Gasteiger partial charge in [0.2, 0.25) is 0 Å². The van der Waals surface area contributed by atoms with Gasteiger partial charge in [-0.3, -0.25) is 14.4 Å². The minimum Gasteiger partial charge on any atom is -0.297 e. The fourth-order valence-corrected chi connectivity index (χ4v) is 3.27. The molecule has 0 N–H and O–H groups in total. The van der Waals surface area contributed by atoms with Gasteiger partial charge in [-0.25, -0.2) is 0 Å². The Morgan fingerprint density at radius 2 is 2.00 bits per heavy atom. The molecule has 1 aliphatic rings. The summed E-state index contributed by atoms with van der Waals surface area (Å²) in [6, 6.07) is 4.38. The summed E-state index contributed by atoms with van der Waals surface area (Å²) >= 11 is 12.9. The highest BCUT2D eigenvalue weighted by molar-refractivity contribution is 8.01. The lowest BCUT2D eigenvalue weighted by Gasteiger charge is -2.23. The molecular weight excluding hydrogens is 307 g/mol. The molecule has 1 aliphatic heterocycles. The van der Waals surface area contributed by atoms with Gasteiger partial charge in [-0.2, -0.15) is 0 Å². The SMILES string of the molecule is CC1SCC(=O)C(C(=O)c2ccc(Cl)cc2Cl)C1=O. The highest BCUT2D eigenvalue weighted by Gasteiger charge is 2.41. The maximum absolute atomic E-state index is 12.3. The number of ketones is 3. The van der Waals surface area contributed by atoms with Gasteiger partial charge in [0.05, 0.1) is 16.0 Å². The van der Waals surface area contributed by atoms with Gasteiger partial charge in [0, 0.05) is 10.6 Å². The summed E-state index contributed by atoms with van der Waals surface area (Å²) < 4.78 is 0. The summed E-state index contributed by atoms with van der Waals surface area (Å²) in [5, 5.41) is 0.202. The van der Waals surface area contributed by atoms with E-state index in [-0.39, 0.29) is 33.2 Å². The average Bonchev–Trinajstić information content (AvgIpc) is 2.34. The molecule has 0 aromatic heterocycles. The summed E-state index contributed by atoms with van der Waals surface area (Å²) in [4.78, 5) is 36.1. The van der Waals surface area contributed by atoms with Crippen LogP contribution in [0.3, 0.4) is 0 Å². The fraction of sp³-hybridized carbons (Fsp3) is 0.308. The third kappa shape index (κ3) is 2.86. The second kappa shape index (κ2) is 5.65. The van der Waals surface area contributed by atoms with Gasteiger partial charge in [0.1, 0.15) is 5.92 Å². The molecule has 3 nitrogen and oxygen atoms in total. The van der Waals surface area contributed by atoms with E-state index >= 15 is 0 Å². The summed E-state index contributed by atoms with van der Waals surface area (Å²) in [5.41, 5.74) is 0.164. The van der Waals surface area contributed by atoms with Gasteiger partial charge in [-0.1, -0.05) is 23.2 Å². The number of carbonyl (C=O) groups is 3. The zero-order valence-corrected chi connectivity index (χ0v) is 12.3. The molecule has 2 atom stereocenters. The second-order valence-corrected chi connectivity index (χ2v) is 6.42. The van der Waals surface area contributed by atoms with Crippen LogP contribution in [0.5, 0.6) is 0 Å². The number of hydrogen-bond donors (Lipinski definition) is 0. The molecule has 6 heteroatoms. The summed E-state index contributed by atoms with van der Waals surface area (Å²) in [5.74, 6) is -2.30. The van der Waals surface area contributed by atoms with Crippen LogP contribution in [0.1, 0.15) is 17.3 Å². The van der Waals surface area contributed by atoms with Crippen molar-refractivity contribution >= 4 is 52.3 Å². The highest BCUT2D eigenvalue weighted by atomic mass is 35.5. The Balaban J connectivity index is 2.37. The molecule has 0 amide bonds. The molecule has 19 heavy (non-hydrogen) atoms. The van der Waals surface area contributed by atoms with Crippen molar-refractivity contribution in [3.8, 4) is 0 Å². The fourth-order valence-electron chi connectivity index (χ4n) is 1.89. The Morgan fingerprint density at radius 3 is 2.63 bits per heavy atom. The van der Waals surface area contributed by atoms with Gasteiger partial charge in [0.15, 0.2) is 17.3 Å². The Labute approximate surface area is 124 Å². The first-order valence-electron chi connectivity index (χ1n) is 5.59. The topological polar surface area (TPSA) is 51.2 Å². The molecule has 1 saturated heterocycles. The van der Waals surface area contributed by atoms with Crippen molar-refractivity contribution in [3.63, 3.8) is 0 Å². The third-order valence-electron chi connectivity index (χ3n) is 2.94. The molecule has 1 heterocycles. The molecule has 1 fully saturated rings. The number of halogens is 2. The van der Waals surface area contributed by atoms with Crippen molar-refractivity contribution in [2.75, 3.05) is 5.75 Å². The van der Waals surface area contributed by atoms with Crippen molar-refractivity contribution in [2.45, 2.75) is 12.2 Å². The van der Waals surface area contributed by atoms with E-state index in [1.165, 1.54) is 30.0 Å². The molecule has 0 saturated carbocycles. The van der Waals surface area contributed by atoms with Crippen LogP contribution in [0.4, 0.5) is 0 Å². The Morgan fingerprint density at radius 1 is 1.32 bits per heavy atom. The smallest absolute Gasteiger partial charge is 0.182 e. The number of Topliss-reactive ketones (excluding diaryl/α,β-unsaturated/α-hetero) is 3. The zero-order chi connectivity index (χ0) is 14.2. The highest BCUT2D eigenvalue weighted by Crippen LogP contribution is 2.29. The predicted molar refractivity (Wildman–Crippen MR) is 76.2 cm³/mol. The first kappa shape index (κ1) is 14.6. The molecule has 0 spiro atoms. The van der Waals surface area contributed by atoms with Crippen LogP contribution in [0.2, 0.25) is 10.0 Å². The second-order valence-electron chi connectivity index (χ2n) is 4.24. The van der Waals surface area contributed by atoms with Crippen LogP contribution in [0.15, 0.2) is 18.2 Å². The third-order valence-corrected chi connectivity index (χ3v) is 4.67. The predicted octanol–water partition coefficient (Wildman–Crippen LogP) is 3.07. The molecule has 1 aromatic rings. The number of benzene rings is 1. The van der Waals surface area contributed by atoms with Crippen molar-refractivity contribution in [3.05, 3.63) is 33.8 Å². The van der Waals surface area contributed by atoms with Crippen molar-refractivity contribution in [1.82, 2.24) is 0 Å². The lowest BCUT2D eigenvalue weighted by Crippen LogP contribution is -2.41. The number of thioether (sulfide) groups is 1. The Kier molecular flexibility index (Phi) is 4.33. The summed E-state index contributed by atoms with van der Waals surface area (Å²) in [6.45, 7) is 1.70. The molecule has 1 aromatic carbocycles. The van der Waals surface area contributed by atoms with E-state index in [1.807, 2.05) is 0 Å². The molecule has 100 valence electrons. The Hall–Kier alpha value is -0.840. The van der Waals surface area contributed by atoms with Gasteiger partial charge < -0.3 is 0 Å². The first-order chi connectivity index (χ1) is 8.91. The number of carbonyl (C=O) groups excluding carboxylic acids is 3. The maximum atomic E-state index is 12.3. The van der Waals surface area contributed by atoms with Crippen molar-refractivity contribution in [2.24, 2.45) is 5.92 Å².